The average molecular weight is 367 g/mol. The summed E-state index contributed by atoms with van der Waals surface area (Å²) >= 11 is 5.83. The molecule has 0 radical (unpaired) electrons. The Balaban J connectivity index is 1.71. The number of nitro groups is 1. The lowest BCUT2D eigenvalue weighted by atomic mass is 10.1. The fraction of sp³-hybridized carbons (Fsp3) is 0. The van der Waals surface area contributed by atoms with Gasteiger partial charge in [0.2, 0.25) is 0 Å². The van der Waals surface area contributed by atoms with E-state index in [1.807, 2.05) is 24.3 Å². The zero-order valence-electron chi connectivity index (χ0n) is 13.2. The summed E-state index contributed by atoms with van der Waals surface area (Å²) in [6, 6.07) is 15.2. The predicted octanol–water partition coefficient (Wildman–Crippen LogP) is 5.00. The van der Waals surface area contributed by atoms with Crippen molar-refractivity contribution in [2.45, 2.75) is 0 Å². The molecule has 0 saturated heterocycles. The molecule has 1 aliphatic rings. The van der Waals surface area contributed by atoms with Gasteiger partial charge in [0, 0.05) is 22.9 Å². The molecule has 26 heavy (non-hydrogen) atoms. The fourth-order valence-corrected chi connectivity index (χ4v) is 3.00. The molecule has 1 N–H and O–H groups in total. The number of nitro benzene ring substituents is 1. The molecule has 2 heterocycles. The lowest BCUT2D eigenvalue weighted by Crippen LogP contribution is -2.03. The minimum Gasteiger partial charge on any atom is -0.457 e. The predicted molar refractivity (Wildman–Crippen MR) is 98.8 cm³/mol. The summed E-state index contributed by atoms with van der Waals surface area (Å²) in [5.41, 5.74) is 2.40. The zero-order valence-corrected chi connectivity index (χ0v) is 14.0. The first-order valence-electron chi connectivity index (χ1n) is 7.69. The van der Waals surface area contributed by atoms with E-state index < -0.39 is 4.92 Å². The van der Waals surface area contributed by atoms with Gasteiger partial charge in [0.25, 0.3) is 11.6 Å². The van der Waals surface area contributed by atoms with Crippen LogP contribution in [-0.4, -0.2) is 10.8 Å². The molecule has 7 heteroatoms. The Morgan fingerprint density at radius 1 is 1.12 bits per heavy atom. The van der Waals surface area contributed by atoms with Gasteiger partial charge in [-0.1, -0.05) is 29.8 Å². The molecule has 0 atom stereocenters. The Labute approximate surface area is 152 Å². The van der Waals surface area contributed by atoms with Gasteiger partial charge in [-0.05, 0) is 36.4 Å². The molecule has 1 amide bonds. The minimum atomic E-state index is -0.544. The number of para-hydroxylation sites is 1. The van der Waals surface area contributed by atoms with Crippen molar-refractivity contribution in [3.8, 4) is 11.3 Å². The quantitative estimate of drug-likeness (QED) is 0.401. The molecule has 0 saturated carbocycles. The van der Waals surface area contributed by atoms with Crippen LogP contribution in [0, 0.1) is 10.1 Å². The molecule has 2 aromatic carbocycles. The van der Waals surface area contributed by atoms with Crippen molar-refractivity contribution in [3.63, 3.8) is 0 Å². The number of halogens is 1. The van der Waals surface area contributed by atoms with E-state index in [2.05, 4.69) is 5.32 Å². The van der Waals surface area contributed by atoms with Gasteiger partial charge in [-0.2, -0.15) is 0 Å². The molecule has 0 unspecified atom stereocenters. The van der Waals surface area contributed by atoms with E-state index in [0.29, 0.717) is 22.7 Å². The average Bonchev–Trinajstić information content (AvgIpc) is 3.21. The Bertz CT molecular complexity index is 1080. The standard InChI is InChI=1S/C19H11ClN2O4/c20-15-7-5-11(9-17(15)22(24)25)18-8-6-12(26-18)10-14-13-3-1-2-4-16(13)21-19(14)23/h1-10H,(H,21,23)/b14-10-. The van der Waals surface area contributed by atoms with Gasteiger partial charge in [-0.3, -0.25) is 14.9 Å². The third kappa shape index (κ3) is 2.76. The van der Waals surface area contributed by atoms with Gasteiger partial charge < -0.3 is 9.73 Å². The summed E-state index contributed by atoms with van der Waals surface area (Å²) in [7, 11) is 0. The Morgan fingerprint density at radius 3 is 2.73 bits per heavy atom. The van der Waals surface area contributed by atoms with E-state index in [-0.39, 0.29) is 16.6 Å². The summed E-state index contributed by atoms with van der Waals surface area (Å²) in [6.07, 6.45) is 1.65. The molecule has 0 bridgehead atoms. The van der Waals surface area contributed by atoms with Crippen molar-refractivity contribution in [3.05, 3.63) is 81.1 Å². The van der Waals surface area contributed by atoms with Crippen molar-refractivity contribution in [2.75, 3.05) is 5.32 Å². The van der Waals surface area contributed by atoms with E-state index in [1.54, 1.807) is 24.3 Å². The van der Waals surface area contributed by atoms with Crippen LogP contribution in [0.25, 0.3) is 23.0 Å². The maximum atomic E-state index is 12.2. The van der Waals surface area contributed by atoms with Crippen molar-refractivity contribution >= 4 is 40.5 Å². The number of amides is 1. The highest BCUT2D eigenvalue weighted by molar-refractivity contribution is 6.34. The number of anilines is 1. The monoisotopic (exact) mass is 366 g/mol. The smallest absolute Gasteiger partial charge is 0.288 e. The number of furan rings is 1. The Morgan fingerprint density at radius 2 is 1.92 bits per heavy atom. The molecule has 128 valence electrons. The molecule has 0 fully saturated rings. The number of fused-ring (bicyclic) bond motifs is 1. The molecule has 0 aliphatic carbocycles. The molecular weight excluding hydrogens is 356 g/mol. The molecule has 1 aromatic heterocycles. The highest BCUT2D eigenvalue weighted by Crippen LogP contribution is 2.35. The van der Waals surface area contributed by atoms with Crippen LogP contribution in [0.2, 0.25) is 5.02 Å². The topological polar surface area (TPSA) is 85.4 Å². The van der Waals surface area contributed by atoms with Crippen molar-refractivity contribution < 1.29 is 14.1 Å². The molecule has 0 spiro atoms. The van der Waals surface area contributed by atoms with Crippen LogP contribution in [0.1, 0.15) is 11.3 Å². The summed E-state index contributed by atoms with van der Waals surface area (Å²) in [5, 5.41) is 13.9. The number of carbonyl (C=O) groups is 1. The second-order valence-electron chi connectivity index (χ2n) is 5.68. The summed E-state index contributed by atoms with van der Waals surface area (Å²) < 4.78 is 5.75. The zero-order chi connectivity index (χ0) is 18.3. The highest BCUT2D eigenvalue weighted by atomic mass is 35.5. The fourth-order valence-electron chi connectivity index (χ4n) is 2.82. The largest absolute Gasteiger partial charge is 0.457 e. The van der Waals surface area contributed by atoms with Crippen molar-refractivity contribution in [1.29, 1.82) is 0 Å². The van der Waals surface area contributed by atoms with Crippen LogP contribution in [0.15, 0.2) is 59.0 Å². The molecule has 1 aliphatic heterocycles. The number of benzene rings is 2. The first kappa shape index (κ1) is 16.1. The van der Waals surface area contributed by atoms with Crippen LogP contribution >= 0.6 is 11.6 Å². The van der Waals surface area contributed by atoms with Crippen molar-refractivity contribution in [1.82, 2.24) is 0 Å². The molecule has 3 aromatic rings. The molecule has 4 rings (SSSR count). The Hall–Kier alpha value is -3.38. The number of hydrogen-bond acceptors (Lipinski definition) is 4. The van der Waals surface area contributed by atoms with Crippen molar-refractivity contribution in [2.24, 2.45) is 0 Å². The van der Waals surface area contributed by atoms with E-state index >= 15 is 0 Å². The SMILES string of the molecule is O=C1Nc2ccccc2/C1=C/c1ccc(-c2ccc(Cl)c([N+](=O)[O-])c2)o1. The van der Waals surface area contributed by atoms with Gasteiger partial charge in [-0.25, -0.2) is 0 Å². The second-order valence-corrected chi connectivity index (χ2v) is 6.09. The summed E-state index contributed by atoms with van der Waals surface area (Å²) in [4.78, 5) is 22.6. The minimum absolute atomic E-state index is 0.0619. The number of nitrogens with one attached hydrogen (secondary N) is 1. The third-order valence-corrected chi connectivity index (χ3v) is 4.37. The maximum Gasteiger partial charge on any atom is 0.288 e. The van der Waals surface area contributed by atoms with Gasteiger partial charge in [0.15, 0.2) is 0 Å². The molecule has 6 nitrogen and oxygen atoms in total. The number of rotatable bonds is 3. The highest BCUT2D eigenvalue weighted by Gasteiger charge is 2.24. The lowest BCUT2D eigenvalue weighted by molar-refractivity contribution is -0.384. The normalized spacial score (nSPS) is 14.3. The van der Waals surface area contributed by atoms with E-state index in [4.69, 9.17) is 16.0 Å². The van der Waals surface area contributed by atoms with Crippen LogP contribution in [0.3, 0.4) is 0 Å². The number of hydrogen-bond donors (Lipinski definition) is 1. The Kier molecular flexibility index (Phi) is 3.82. The van der Waals surface area contributed by atoms with Gasteiger partial charge in [-0.15, -0.1) is 0 Å². The number of carbonyl (C=O) groups excluding carboxylic acids is 1. The van der Waals surface area contributed by atoms with Crippen LogP contribution in [0.5, 0.6) is 0 Å². The molecular formula is C19H11ClN2O4. The third-order valence-electron chi connectivity index (χ3n) is 4.05. The maximum absolute atomic E-state index is 12.2. The van der Waals surface area contributed by atoms with E-state index in [0.717, 1.165) is 11.3 Å². The van der Waals surface area contributed by atoms with E-state index in [9.17, 15) is 14.9 Å². The van der Waals surface area contributed by atoms with Crippen LogP contribution in [-0.2, 0) is 4.79 Å². The first-order valence-corrected chi connectivity index (χ1v) is 8.07. The summed E-state index contributed by atoms with van der Waals surface area (Å²) in [5.74, 6) is 0.717. The van der Waals surface area contributed by atoms with Crippen LogP contribution < -0.4 is 5.32 Å². The van der Waals surface area contributed by atoms with Gasteiger partial charge in [0.1, 0.15) is 16.5 Å². The lowest BCUT2D eigenvalue weighted by Gasteiger charge is -1.99. The second kappa shape index (κ2) is 6.16. The van der Waals surface area contributed by atoms with Crippen LogP contribution in [0.4, 0.5) is 11.4 Å². The van der Waals surface area contributed by atoms with Gasteiger partial charge in [0.05, 0.1) is 10.5 Å². The summed E-state index contributed by atoms with van der Waals surface area (Å²) in [6.45, 7) is 0. The van der Waals surface area contributed by atoms with E-state index in [1.165, 1.54) is 12.1 Å². The van der Waals surface area contributed by atoms with Gasteiger partial charge >= 0.3 is 0 Å². The number of nitrogens with zero attached hydrogens (tertiary/aromatic N) is 1. The first-order chi connectivity index (χ1) is 12.5.